The van der Waals surface area contributed by atoms with Crippen LogP contribution in [0.3, 0.4) is 0 Å². The predicted octanol–water partition coefficient (Wildman–Crippen LogP) is 4.01. The van der Waals surface area contributed by atoms with E-state index in [1.165, 1.54) is 0 Å². The average molecular weight is 280 g/mol. The Morgan fingerprint density at radius 3 is 2.62 bits per heavy atom. The van der Waals surface area contributed by atoms with Crippen molar-refractivity contribution in [2.45, 2.75) is 6.92 Å². The summed E-state index contributed by atoms with van der Waals surface area (Å²) in [6, 6.07) is 9.19. The van der Waals surface area contributed by atoms with Crippen molar-refractivity contribution in [1.82, 2.24) is 0 Å². The van der Waals surface area contributed by atoms with Crippen LogP contribution in [0.5, 0.6) is 5.75 Å². The molecule has 0 radical (unpaired) electrons. The Morgan fingerprint density at radius 1 is 0.952 bits per heavy atom. The summed E-state index contributed by atoms with van der Waals surface area (Å²) in [5.74, 6) is 0.634. The van der Waals surface area contributed by atoms with Gasteiger partial charge in [-0.15, -0.1) is 0 Å². The normalized spacial score (nSPS) is 11.5. The van der Waals surface area contributed by atoms with Crippen molar-refractivity contribution in [3.05, 3.63) is 52.6 Å². The lowest BCUT2D eigenvalue weighted by Gasteiger charge is -2.05. The predicted molar refractivity (Wildman–Crippen MR) is 81.1 cm³/mol. The molecule has 104 valence electrons. The quantitative estimate of drug-likeness (QED) is 0.390. The van der Waals surface area contributed by atoms with Crippen LogP contribution in [-0.4, -0.2) is 7.11 Å². The first-order valence-corrected chi connectivity index (χ1v) is 6.60. The summed E-state index contributed by atoms with van der Waals surface area (Å²) in [5.41, 5.74) is 1.93. The number of ether oxygens (including phenoxy) is 1. The number of rotatable bonds is 1. The van der Waals surface area contributed by atoms with Gasteiger partial charge in [-0.2, -0.15) is 0 Å². The minimum atomic E-state index is -0.376. The van der Waals surface area contributed by atoms with E-state index in [9.17, 15) is 4.79 Å². The van der Waals surface area contributed by atoms with Gasteiger partial charge in [0.1, 0.15) is 16.9 Å². The number of aryl methyl sites for hydroxylation is 1. The van der Waals surface area contributed by atoms with Crippen LogP contribution in [0.4, 0.5) is 0 Å². The molecule has 4 rings (SSSR count). The molecule has 2 heterocycles. The van der Waals surface area contributed by atoms with E-state index in [4.69, 9.17) is 13.6 Å². The zero-order valence-corrected chi connectivity index (χ0v) is 11.6. The van der Waals surface area contributed by atoms with Gasteiger partial charge < -0.3 is 13.6 Å². The molecule has 0 spiro atoms. The van der Waals surface area contributed by atoms with Gasteiger partial charge >= 0.3 is 5.63 Å². The summed E-state index contributed by atoms with van der Waals surface area (Å²) < 4.78 is 16.1. The zero-order chi connectivity index (χ0) is 14.6. The first-order valence-electron chi connectivity index (χ1n) is 6.60. The molecule has 0 saturated carbocycles. The molecule has 2 aromatic carbocycles. The second-order valence-corrected chi connectivity index (χ2v) is 5.06. The molecule has 4 aromatic rings. The zero-order valence-electron chi connectivity index (χ0n) is 11.6. The van der Waals surface area contributed by atoms with E-state index in [-0.39, 0.29) is 5.63 Å². The number of hydrogen-bond donors (Lipinski definition) is 0. The molecule has 0 aliphatic heterocycles. The van der Waals surface area contributed by atoms with E-state index in [1.54, 1.807) is 25.5 Å². The van der Waals surface area contributed by atoms with Gasteiger partial charge in [-0.25, -0.2) is 4.79 Å². The van der Waals surface area contributed by atoms with Crippen molar-refractivity contribution in [1.29, 1.82) is 0 Å². The van der Waals surface area contributed by atoms with Gasteiger partial charge in [0, 0.05) is 22.2 Å². The Labute approximate surface area is 119 Å². The minimum Gasteiger partial charge on any atom is -0.497 e. The van der Waals surface area contributed by atoms with Gasteiger partial charge in [-0.05, 0) is 36.8 Å². The van der Waals surface area contributed by atoms with Crippen LogP contribution in [0.15, 0.2) is 50.2 Å². The molecule has 0 aliphatic rings. The van der Waals surface area contributed by atoms with Gasteiger partial charge in [-0.3, -0.25) is 0 Å². The molecule has 0 aliphatic carbocycles. The highest BCUT2D eigenvalue weighted by atomic mass is 16.5. The monoisotopic (exact) mass is 280 g/mol. The lowest BCUT2D eigenvalue weighted by Crippen LogP contribution is -2.00. The standard InChI is InChI=1S/C17H12O4/c1-9-8-20-15-7-16-13(6-12(9)15)11-4-3-10(19-2)5-14(11)17(18)21-16/h3-8H,1-2H3. The molecule has 4 heteroatoms. The van der Waals surface area contributed by atoms with Gasteiger partial charge in [0.05, 0.1) is 18.8 Å². The molecule has 0 atom stereocenters. The second kappa shape index (κ2) is 4.12. The van der Waals surface area contributed by atoms with Crippen molar-refractivity contribution in [2.24, 2.45) is 0 Å². The first-order chi connectivity index (χ1) is 10.2. The molecule has 0 fully saturated rings. The topological polar surface area (TPSA) is 52.6 Å². The number of furan rings is 1. The molecule has 4 nitrogen and oxygen atoms in total. The third-order valence-corrected chi connectivity index (χ3v) is 3.81. The third-order valence-electron chi connectivity index (χ3n) is 3.81. The van der Waals surface area contributed by atoms with Gasteiger partial charge in [-0.1, -0.05) is 0 Å². The van der Waals surface area contributed by atoms with E-state index >= 15 is 0 Å². The average Bonchev–Trinajstić information content (AvgIpc) is 2.86. The summed E-state index contributed by atoms with van der Waals surface area (Å²) in [7, 11) is 1.57. The second-order valence-electron chi connectivity index (χ2n) is 5.06. The Hall–Kier alpha value is -2.75. The molecule has 21 heavy (non-hydrogen) atoms. The highest BCUT2D eigenvalue weighted by Gasteiger charge is 2.12. The Balaban J connectivity index is 2.23. The Bertz CT molecular complexity index is 1050. The van der Waals surface area contributed by atoms with Gasteiger partial charge in [0.15, 0.2) is 0 Å². The number of methoxy groups -OCH3 is 1. The summed E-state index contributed by atoms with van der Waals surface area (Å²) in [6.45, 7) is 1.99. The molecular weight excluding hydrogens is 268 g/mol. The largest absolute Gasteiger partial charge is 0.497 e. The van der Waals surface area contributed by atoms with Crippen LogP contribution in [0.2, 0.25) is 0 Å². The summed E-state index contributed by atoms with van der Waals surface area (Å²) >= 11 is 0. The van der Waals surface area contributed by atoms with Crippen LogP contribution in [0.1, 0.15) is 5.56 Å². The van der Waals surface area contributed by atoms with Crippen molar-refractivity contribution in [3.8, 4) is 5.75 Å². The number of benzene rings is 2. The van der Waals surface area contributed by atoms with E-state index in [0.29, 0.717) is 16.7 Å². The molecular formula is C17H12O4. The third kappa shape index (κ3) is 1.65. The molecule has 0 N–H and O–H groups in total. The molecule has 2 aromatic heterocycles. The fraction of sp³-hybridized carbons (Fsp3) is 0.118. The summed E-state index contributed by atoms with van der Waals surface area (Å²) in [4.78, 5) is 12.1. The summed E-state index contributed by atoms with van der Waals surface area (Å²) in [5, 5.41) is 3.28. The van der Waals surface area contributed by atoms with Crippen LogP contribution >= 0.6 is 0 Å². The SMILES string of the molecule is COc1ccc2c(c1)c(=O)oc1cc3occ(C)c3cc12. The summed E-state index contributed by atoms with van der Waals surface area (Å²) in [6.07, 6.45) is 1.70. The minimum absolute atomic E-state index is 0.376. The van der Waals surface area contributed by atoms with Crippen molar-refractivity contribution < 1.29 is 13.6 Å². The maximum Gasteiger partial charge on any atom is 0.344 e. The Morgan fingerprint density at radius 2 is 1.81 bits per heavy atom. The van der Waals surface area contributed by atoms with Gasteiger partial charge in [0.25, 0.3) is 0 Å². The number of hydrogen-bond acceptors (Lipinski definition) is 4. The van der Waals surface area contributed by atoms with Gasteiger partial charge in [0.2, 0.25) is 0 Å². The van der Waals surface area contributed by atoms with Crippen LogP contribution < -0.4 is 10.4 Å². The molecule has 0 unspecified atom stereocenters. The smallest absolute Gasteiger partial charge is 0.344 e. The molecule has 0 saturated heterocycles. The van der Waals surface area contributed by atoms with Crippen molar-refractivity contribution in [3.63, 3.8) is 0 Å². The lowest BCUT2D eigenvalue weighted by atomic mass is 10.0. The highest BCUT2D eigenvalue weighted by Crippen LogP contribution is 2.31. The highest BCUT2D eigenvalue weighted by molar-refractivity contribution is 6.09. The van der Waals surface area contributed by atoms with Crippen LogP contribution in [0, 0.1) is 6.92 Å². The Kier molecular flexibility index (Phi) is 2.36. The fourth-order valence-electron chi connectivity index (χ4n) is 2.69. The lowest BCUT2D eigenvalue weighted by molar-refractivity contribution is 0.415. The van der Waals surface area contributed by atoms with Crippen molar-refractivity contribution in [2.75, 3.05) is 7.11 Å². The fourth-order valence-corrected chi connectivity index (χ4v) is 2.69. The molecule has 0 bridgehead atoms. The maximum absolute atomic E-state index is 12.1. The number of fused-ring (bicyclic) bond motifs is 4. The van der Waals surface area contributed by atoms with Crippen LogP contribution in [0.25, 0.3) is 32.7 Å². The maximum atomic E-state index is 12.1. The first kappa shape index (κ1) is 12.0. The van der Waals surface area contributed by atoms with E-state index in [0.717, 1.165) is 27.3 Å². The van der Waals surface area contributed by atoms with Crippen molar-refractivity contribution >= 4 is 32.7 Å². The van der Waals surface area contributed by atoms with E-state index in [2.05, 4.69) is 0 Å². The van der Waals surface area contributed by atoms with E-state index < -0.39 is 0 Å². The van der Waals surface area contributed by atoms with Crippen LogP contribution in [-0.2, 0) is 0 Å². The van der Waals surface area contributed by atoms with E-state index in [1.807, 2.05) is 25.1 Å². The molecule has 0 amide bonds.